The van der Waals surface area contributed by atoms with Gasteiger partial charge in [-0.25, -0.2) is 13.1 Å². The summed E-state index contributed by atoms with van der Waals surface area (Å²) in [5, 5.41) is 14.2. The maximum absolute atomic E-state index is 12.2. The molecule has 0 amide bonds. The Morgan fingerprint density at radius 2 is 1.92 bits per heavy atom. The minimum absolute atomic E-state index is 0. The average Bonchev–Trinajstić information content (AvgIpc) is 2.47. The van der Waals surface area contributed by atoms with E-state index in [4.69, 9.17) is 0 Å². The van der Waals surface area contributed by atoms with Crippen molar-refractivity contribution < 1.29 is 13.3 Å². The van der Waals surface area contributed by atoms with Gasteiger partial charge in [-0.1, -0.05) is 15.9 Å². The minimum Gasteiger partial charge on any atom is -0.314 e. The van der Waals surface area contributed by atoms with Crippen LogP contribution in [-0.4, -0.2) is 57.5 Å². The number of nitro benzene ring substituents is 1. The van der Waals surface area contributed by atoms with E-state index in [-0.39, 0.29) is 36.3 Å². The standard InChI is InChI=1S/C12H17BrN4O4S.2ClH/c13-10-1-2-12(11(9-10)17(18)19)22(20,21)15-5-8-16-6-3-14-4-7-16;;/h1-2,9,14-15H,3-8H2;2*1H. The zero-order valence-corrected chi connectivity index (χ0v) is 16.6. The van der Waals surface area contributed by atoms with Crippen LogP contribution in [0.4, 0.5) is 5.69 Å². The molecular formula is C12H19BrCl2N4O4S. The molecule has 1 aromatic carbocycles. The molecule has 2 rings (SSSR count). The summed E-state index contributed by atoms with van der Waals surface area (Å²) in [5.41, 5.74) is -0.441. The largest absolute Gasteiger partial charge is 0.314 e. The van der Waals surface area contributed by atoms with Gasteiger partial charge in [0.25, 0.3) is 5.69 Å². The Bertz CT molecular complexity index is 656. The Morgan fingerprint density at radius 3 is 2.50 bits per heavy atom. The summed E-state index contributed by atoms with van der Waals surface area (Å²) in [6, 6.07) is 3.89. The Morgan fingerprint density at radius 1 is 1.29 bits per heavy atom. The first-order valence-corrected chi connectivity index (χ1v) is 9.04. The fraction of sp³-hybridized carbons (Fsp3) is 0.500. The predicted molar refractivity (Wildman–Crippen MR) is 99.8 cm³/mol. The van der Waals surface area contributed by atoms with Crippen LogP contribution >= 0.6 is 40.7 Å². The monoisotopic (exact) mass is 464 g/mol. The molecule has 2 N–H and O–H groups in total. The van der Waals surface area contributed by atoms with Crippen molar-refractivity contribution in [3.8, 4) is 0 Å². The second-order valence-corrected chi connectivity index (χ2v) is 7.51. The minimum atomic E-state index is -3.91. The van der Waals surface area contributed by atoms with Gasteiger partial charge in [-0.15, -0.1) is 24.8 Å². The van der Waals surface area contributed by atoms with E-state index in [1.54, 1.807) is 0 Å². The van der Waals surface area contributed by atoms with Crippen molar-refractivity contribution in [1.29, 1.82) is 0 Å². The van der Waals surface area contributed by atoms with E-state index in [0.29, 0.717) is 11.0 Å². The first kappa shape index (κ1) is 23.5. The van der Waals surface area contributed by atoms with Crippen molar-refractivity contribution in [1.82, 2.24) is 14.9 Å². The van der Waals surface area contributed by atoms with Crippen LogP contribution in [0.3, 0.4) is 0 Å². The lowest BCUT2D eigenvalue weighted by atomic mass is 10.3. The zero-order chi connectivity index (χ0) is 16.2. The summed E-state index contributed by atoms with van der Waals surface area (Å²) in [4.78, 5) is 12.1. The Labute approximate surface area is 161 Å². The van der Waals surface area contributed by atoms with Crippen molar-refractivity contribution >= 4 is 56.5 Å². The van der Waals surface area contributed by atoms with Crippen LogP contribution < -0.4 is 10.0 Å². The maximum atomic E-state index is 12.2. The van der Waals surface area contributed by atoms with E-state index in [1.807, 2.05) is 0 Å². The van der Waals surface area contributed by atoms with Crippen molar-refractivity contribution in [2.75, 3.05) is 39.3 Å². The Kier molecular flexibility index (Phi) is 10.3. The van der Waals surface area contributed by atoms with Gasteiger partial charge < -0.3 is 5.32 Å². The number of nitrogens with one attached hydrogen (secondary N) is 2. The van der Waals surface area contributed by atoms with Crippen LogP contribution in [0.1, 0.15) is 0 Å². The maximum Gasteiger partial charge on any atom is 0.290 e. The quantitative estimate of drug-likeness (QED) is 0.485. The first-order chi connectivity index (χ1) is 10.4. The smallest absolute Gasteiger partial charge is 0.290 e. The van der Waals surface area contributed by atoms with Gasteiger partial charge in [0.1, 0.15) is 0 Å². The highest BCUT2D eigenvalue weighted by Crippen LogP contribution is 2.27. The van der Waals surface area contributed by atoms with Gasteiger partial charge in [-0.05, 0) is 12.1 Å². The Balaban J connectivity index is 0.00000264. The third-order valence-corrected chi connectivity index (χ3v) is 5.34. The molecule has 1 fully saturated rings. The highest BCUT2D eigenvalue weighted by atomic mass is 79.9. The van der Waals surface area contributed by atoms with Gasteiger partial charge in [0.2, 0.25) is 10.0 Å². The summed E-state index contributed by atoms with van der Waals surface area (Å²) in [6.07, 6.45) is 0. The van der Waals surface area contributed by atoms with Gasteiger partial charge in [0.15, 0.2) is 4.90 Å². The number of nitro groups is 1. The second-order valence-electron chi connectivity index (χ2n) is 4.86. The number of hydrogen-bond acceptors (Lipinski definition) is 6. The molecule has 1 aromatic rings. The lowest BCUT2D eigenvalue weighted by molar-refractivity contribution is -0.387. The lowest BCUT2D eigenvalue weighted by Crippen LogP contribution is -2.46. The van der Waals surface area contributed by atoms with E-state index in [1.165, 1.54) is 18.2 Å². The van der Waals surface area contributed by atoms with Crippen molar-refractivity contribution in [2.45, 2.75) is 4.90 Å². The SMILES string of the molecule is Cl.Cl.O=[N+]([O-])c1cc(Br)ccc1S(=O)(=O)NCCN1CCNCC1. The van der Waals surface area contributed by atoms with E-state index in [9.17, 15) is 18.5 Å². The molecule has 138 valence electrons. The highest BCUT2D eigenvalue weighted by molar-refractivity contribution is 9.10. The van der Waals surface area contributed by atoms with Crippen molar-refractivity contribution in [2.24, 2.45) is 0 Å². The predicted octanol–water partition coefficient (Wildman–Crippen LogP) is 1.38. The molecule has 12 heteroatoms. The van der Waals surface area contributed by atoms with Crippen molar-refractivity contribution in [3.05, 3.63) is 32.8 Å². The number of nitrogens with zero attached hydrogens (tertiary/aromatic N) is 2. The molecule has 1 saturated heterocycles. The van der Waals surface area contributed by atoms with Gasteiger partial charge in [0, 0.05) is 49.8 Å². The summed E-state index contributed by atoms with van der Waals surface area (Å²) in [6.45, 7) is 4.27. The molecule has 0 aliphatic carbocycles. The number of rotatable bonds is 6. The molecule has 0 bridgehead atoms. The van der Waals surface area contributed by atoms with Crippen LogP contribution in [-0.2, 0) is 10.0 Å². The van der Waals surface area contributed by atoms with Gasteiger partial charge >= 0.3 is 0 Å². The van der Waals surface area contributed by atoms with Crippen molar-refractivity contribution in [3.63, 3.8) is 0 Å². The van der Waals surface area contributed by atoms with E-state index in [2.05, 4.69) is 30.9 Å². The molecular weight excluding hydrogens is 447 g/mol. The molecule has 0 radical (unpaired) electrons. The van der Waals surface area contributed by atoms with Crippen LogP contribution in [0.5, 0.6) is 0 Å². The lowest BCUT2D eigenvalue weighted by Gasteiger charge is -2.27. The third kappa shape index (κ3) is 6.43. The molecule has 0 aromatic heterocycles. The normalized spacial score (nSPS) is 15.2. The first-order valence-electron chi connectivity index (χ1n) is 6.77. The van der Waals surface area contributed by atoms with E-state index in [0.717, 1.165) is 26.2 Å². The number of benzene rings is 1. The summed E-state index contributed by atoms with van der Waals surface area (Å²) >= 11 is 3.10. The third-order valence-electron chi connectivity index (χ3n) is 3.34. The molecule has 0 spiro atoms. The van der Waals surface area contributed by atoms with Crippen LogP contribution in [0.15, 0.2) is 27.6 Å². The van der Waals surface area contributed by atoms with Crippen LogP contribution in [0, 0.1) is 10.1 Å². The second kappa shape index (κ2) is 10.5. The van der Waals surface area contributed by atoms with Crippen LogP contribution in [0.25, 0.3) is 0 Å². The molecule has 1 aliphatic rings. The fourth-order valence-corrected chi connectivity index (χ4v) is 3.73. The molecule has 24 heavy (non-hydrogen) atoms. The number of halogens is 3. The molecule has 0 atom stereocenters. The zero-order valence-electron chi connectivity index (χ0n) is 12.6. The highest BCUT2D eigenvalue weighted by Gasteiger charge is 2.25. The van der Waals surface area contributed by atoms with Gasteiger partial charge in [-0.2, -0.15) is 0 Å². The summed E-state index contributed by atoms with van der Waals surface area (Å²) < 4.78 is 27.4. The van der Waals surface area contributed by atoms with Gasteiger partial charge in [0.05, 0.1) is 4.92 Å². The summed E-state index contributed by atoms with van der Waals surface area (Å²) in [5.74, 6) is 0. The summed E-state index contributed by atoms with van der Waals surface area (Å²) in [7, 11) is -3.91. The number of sulfonamides is 1. The Hall–Kier alpha value is -0.490. The van der Waals surface area contributed by atoms with Crippen LogP contribution in [0.2, 0.25) is 0 Å². The average molecular weight is 466 g/mol. The van der Waals surface area contributed by atoms with Gasteiger partial charge in [-0.3, -0.25) is 15.0 Å². The van der Waals surface area contributed by atoms with E-state index < -0.39 is 20.6 Å². The topological polar surface area (TPSA) is 105 Å². The molecule has 0 saturated carbocycles. The molecule has 1 aliphatic heterocycles. The molecule has 0 unspecified atom stereocenters. The molecule has 1 heterocycles. The molecule has 8 nitrogen and oxygen atoms in total. The fourth-order valence-electron chi connectivity index (χ4n) is 2.21. The van der Waals surface area contributed by atoms with E-state index >= 15 is 0 Å². The number of piperazine rings is 1. The number of hydrogen-bond donors (Lipinski definition) is 2.